The molecule has 1 N–H and O–H groups in total. The summed E-state index contributed by atoms with van der Waals surface area (Å²) in [4.78, 5) is 10.9. The molecular weight excluding hydrogens is 348 g/mol. The molecule has 0 saturated carbocycles. The maximum atomic E-state index is 11.6. The summed E-state index contributed by atoms with van der Waals surface area (Å²) in [6, 6.07) is 1.56. The topological polar surface area (TPSA) is 79.6 Å². The van der Waals surface area contributed by atoms with Crippen molar-refractivity contribution in [3.05, 3.63) is 22.4 Å². The average Bonchev–Trinajstić information content (AvgIpc) is 2.70. The third-order valence-corrected chi connectivity index (χ3v) is 5.45. The Morgan fingerprint density at radius 1 is 1.55 bits per heavy atom. The van der Waals surface area contributed by atoms with Gasteiger partial charge in [0, 0.05) is 25.8 Å². The number of hydrogen-bond acceptors (Lipinski definition) is 3. The second-order valence-corrected chi connectivity index (χ2v) is 7.93. The van der Waals surface area contributed by atoms with Gasteiger partial charge >= 0.3 is 5.97 Å². The Labute approximate surface area is 126 Å². The quantitative estimate of drug-likeness (QED) is 0.880. The number of sulfonamides is 1. The number of piperidine rings is 1. The van der Waals surface area contributed by atoms with Crippen LogP contribution in [0.1, 0.15) is 23.2 Å². The predicted molar refractivity (Wildman–Crippen MR) is 78.2 cm³/mol. The molecule has 0 spiro atoms. The number of carboxylic acid groups (broad SMARTS) is 1. The summed E-state index contributed by atoms with van der Waals surface area (Å²) in [5.74, 6) is -0.769. The third kappa shape index (κ3) is 3.62. The van der Waals surface area contributed by atoms with E-state index in [4.69, 9.17) is 5.11 Å². The van der Waals surface area contributed by atoms with E-state index in [9.17, 15) is 13.2 Å². The average molecular weight is 365 g/mol. The van der Waals surface area contributed by atoms with E-state index in [-0.39, 0.29) is 11.5 Å². The number of carbonyl (C=O) groups is 1. The minimum absolute atomic E-state index is 0.198. The maximum absolute atomic E-state index is 11.6. The highest BCUT2D eigenvalue weighted by molar-refractivity contribution is 9.10. The Hall–Kier alpha value is -0.860. The molecule has 1 atom stereocenters. The van der Waals surface area contributed by atoms with Gasteiger partial charge in [0.25, 0.3) is 0 Å². The first-order chi connectivity index (χ1) is 9.27. The molecule has 6 nitrogen and oxygen atoms in total. The van der Waals surface area contributed by atoms with Gasteiger partial charge in [-0.2, -0.15) is 0 Å². The number of hydrogen-bond donors (Lipinski definition) is 1. The smallest absolute Gasteiger partial charge is 0.337 e. The minimum Gasteiger partial charge on any atom is -0.478 e. The molecule has 1 aromatic heterocycles. The van der Waals surface area contributed by atoms with Crippen LogP contribution in [0.25, 0.3) is 0 Å². The third-order valence-electron chi connectivity index (χ3n) is 3.50. The Morgan fingerprint density at radius 2 is 2.25 bits per heavy atom. The summed E-state index contributed by atoms with van der Waals surface area (Å²) >= 11 is 3.33. The van der Waals surface area contributed by atoms with Gasteiger partial charge in [0.15, 0.2) is 0 Å². The van der Waals surface area contributed by atoms with E-state index in [2.05, 4.69) is 15.9 Å². The molecule has 1 unspecified atom stereocenters. The molecule has 0 bridgehead atoms. The number of aromatic nitrogens is 1. The van der Waals surface area contributed by atoms with Crippen LogP contribution in [-0.4, -0.2) is 47.7 Å². The van der Waals surface area contributed by atoms with Gasteiger partial charge in [0.05, 0.1) is 16.4 Å². The van der Waals surface area contributed by atoms with Crippen molar-refractivity contribution >= 4 is 31.9 Å². The van der Waals surface area contributed by atoms with Crippen molar-refractivity contribution in [2.75, 3.05) is 19.3 Å². The molecular formula is C12H17BrN2O4S. The van der Waals surface area contributed by atoms with E-state index in [1.54, 1.807) is 12.3 Å². The van der Waals surface area contributed by atoms with Crippen molar-refractivity contribution in [3.63, 3.8) is 0 Å². The second-order valence-electron chi connectivity index (χ2n) is 5.14. The standard InChI is InChI=1S/C12H17BrN2O4S/c1-20(18,19)15-4-2-3-9(7-15)6-14-8-10(12(16)17)5-11(14)13/h5,8-9H,2-4,6-7H2,1H3,(H,16,17). The molecule has 20 heavy (non-hydrogen) atoms. The van der Waals surface area contributed by atoms with Crippen LogP contribution in [0.3, 0.4) is 0 Å². The monoisotopic (exact) mass is 364 g/mol. The van der Waals surface area contributed by atoms with Crippen LogP contribution in [-0.2, 0) is 16.6 Å². The highest BCUT2D eigenvalue weighted by Crippen LogP contribution is 2.23. The van der Waals surface area contributed by atoms with Gasteiger partial charge < -0.3 is 9.67 Å². The second kappa shape index (κ2) is 5.87. The first-order valence-corrected chi connectivity index (χ1v) is 8.95. The van der Waals surface area contributed by atoms with Gasteiger partial charge in [-0.3, -0.25) is 0 Å². The van der Waals surface area contributed by atoms with Crippen molar-refractivity contribution in [1.82, 2.24) is 8.87 Å². The first-order valence-electron chi connectivity index (χ1n) is 6.31. The lowest BCUT2D eigenvalue weighted by Crippen LogP contribution is -2.40. The molecule has 1 fully saturated rings. The Balaban J connectivity index is 2.08. The van der Waals surface area contributed by atoms with Gasteiger partial charge in [-0.1, -0.05) is 0 Å². The van der Waals surface area contributed by atoms with Crippen LogP contribution in [0, 0.1) is 5.92 Å². The molecule has 1 aromatic rings. The molecule has 0 amide bonds. The SMILES string of the molecule is CS(=O)(=O)N1CCCC(Cn2cc(C(=O)O)cc2Br)C1. The van der Waals surface area contributed by atoms with Gasteiger partial charge in [0.1, 0.15) is 0 Å². The first kappa shape index (κ1) is 15.5. The molecule has 0 aromatic carbocycles. The summed E-state index contributed by atoms with van der Waals surface area (Å²) in [6.45, 7) is 1.67. The van der Waals surface area contributed by atoms with Crippen molar-refractivity contribution in [3.8, 4) is 0 Å². The summed E-state index contributed by atoms with van der Waals surface area (Å²) < 4.78 is 27.2. The summed E-state index contributed by atoms with van der Waals surface area (Å²) in [5.41, 5.74) is 0.229. The van der Waals surface area contributed by atoms with Crippen LogP contribution < -0.4 is 0 Å². The predicted octanol–water partition coefficient (Wildman–Crippen LogP) is 1.62. The van der Waals surface area contributed by atoms with E-state index >= 15 is 0 Å². The fraction of sp³-hybridized carbons (Fsp3) is 0.583. The molecule has 0 radical (unpaired) electrons. The van der Waals surface area contributed by atoms with Gasteiger partial charge in [-0.25, -0.2) is 17.5 Å². The zero-order valence-electron chi connectivity index (χ0n) is 11.1. The van der Waals surface area contributed by atoms with E-state index in [1.165, 1.54) is 10.6 Å². The van der Waals surface area contributed by atoms with Crippen molar-refractivity contribution in [1.29, 1.82) is 0 Å². The zero-order chi connectivity index (χ0) is 14.9. The highest BCUT2D eigenvalue weighted by atomic mass is 79.9. The Kier molecular flexibility index (Phi) is 4.55. The van der Waals surface area contributed by atoms with Gasteiger partial charge in [-0.15, -0.1) is 0 Å². The number of nitrogens with zero attached hydrogens (tertiary/aromatic N) is 2. The molecule has 112 valence electrons. The summed E-state index contributed by atoms with van der Waals surface area (Å²) in [7, 11) is -3.15. The number of rotatable bonds is 4. The van der Waals surface area contributed by atoms with Crippen LogP contribution in [0.2, 0.25) is 0 Å². The fourth-order valence-electron chi connectivity index (χ4n) is 2.49. The van der Waals surface area contributed by atoms with Crippen molar-refractivity contribution in [2.24, 2.45) is 5.92 Å². The zero-order valence-corrected chi connectivity index (χ0v) is 13.5. The largest absolute Gasteiger partial charge is 0.478 e. The molecule has 1 aliphatic heterocycles. The Morgan fingerprint density at radius 3 is 2.80 bits per heavy atom. The molecule has 8 heteroatoms. The molecule has 0 aliphatic carbocycles. The summed E-state index contributed by atoms with van der Waals surface area (Å²) in [5, 5.41) is 8.96. The van der Waals surface area contributed by atoms with Crippen LogP contribution in [0.5, 0.6) is 0 Å². The normalized spacial score (nSPS) is 21.0. The highest BCUT2D eigenvalue weighted by Gasteiger charge is 2.26. The molecule has 1 saturated heterocycles. The number of aromatic carboxylic acids is 1. The number of halogens is 1. The van der Waals surface area contributed by atoms with E-state index in [0.717, 1.165) is 12.8 Å². The van der Waals surface area contributed by atoms with E-state index < -0.39 is 16.0 Å². The van der Waals surface area contributed by atoms with Gasteiger partial charge in [-0.05, 0) is 40.8 Å². The van der Waals surface area contributed by atoms with E-state index in [0.29, 0.717) is 24.2 Å². The summed E-state index contributed by atoms with van der Waals surface area (Å²) in [6.07, 6.45) is 4.58. The van der Waals surface area contributed by atoms with Crippen molar-refractivity contribution in [2.45, 2.75) is 19.4 Å². The minimum atomic E-state index is -3.15. The lowest BCUT2D eigenvalue weighted by molar-refractivity contribution is 0.0696. The van der Waals surface area contributed by atoms with Crippen LogP contribution in [0.15, 0.2) is 16.9 Å². The lowest BCUT2D eigenvalue weighted by atomic mass is 10.00. The van der Waals surface area contributed by atoms with Crippen LogP contribution in [0.4, 0.5) is 0 Å². The van der Waals surface area contributed by atoms with Crippen LogP contribution >= 0.6 is 15.9 Å². The fourth-order valence-corrected chi connectivity index (χ4v) is 3.93. The Bertz CT molecular complexity index is 611. The molecule has 1 aliphatic rings. The lowest BCUT2D eigenvalue weighted by Gasteiger charge is -2.31. The molecule has 2 rings (SSSR count). The van der Waals surface area contributed by atoms with Gasteiger partial charge in [0.2, 0.25) is 10.0 Å². The van der Waals surface area contributed by atoms with Crippen molar-refractivity contribution < 1.29 is 18.3 Å². The van der Waals surface area contributed by atoms with E-state index in [1.807, 2.05) is 4.57 Å². The molecule has 2 heterocycles. The maximum Gasteiger partial charge on any atom is 0.337 e. The number of carboxylic acids is 1.